The molecule has 0 unspecified atom stereocenters. The summed E-state index contributed by atoms with van der Waals surface area (Å²) in [6, 6.07) is 8.12. The second-order valence-corrected chi connectivity index (χ2v) is 6.41. The number of ketones is 1. The van der Waals surface area contributed by atoms with Gasteiger partial charge in [-0.1, -0.05) is 38.1 Å². The Morgan fingerprint density at radius 1 is 1.04 bits per heavy atom. The number of phenols is 2. The zero-order valence-electron chi connectivity index (χ0n) is 13.4. The highest BCUT2D eigenvalue weighted by molar-refractivity contribution is 6.15. The third-order valence-corrected chi connectivity index (χ3v) is 4.53. The first-order valence-electron chi connectivity index (χ1n) is 7.76. The molecule has 0 aliphatic heterocycles. The van der Waals surface area contributed by atoms with Crippen LogP contribution >= 0.6 is 0 Å². The van der Waals surface area contributed by atoms with Gasteiger partial charge in [0.05, 0.1) is 17.0 Å². The van der Waals surface area contributed by atoms with Crippen molar-refractivity contribution in [3.05, 3.63) is 58.1 Å². The normalized spacial score (nSPS) is 14.2. The molecule has 1 atom stereocenters. The number of phenolic OH excluding ortho intramolecular Hbond substituents is 2. The molecule has 0 heterocycles. The SMILES string of the molecule is CC(C)[C@@H](C(=O)O)c1ccc2c(c1O)C(=O)c1c(O)cccc1C2. The molecular weight excluding hydrogens is 308 g/mol. The second kappa shape index (κ2) is 5.67. The summed E-state index contributed by atoms with van der Waals surface area (Å²) < 4.78 is 0. The summed E-state index contributed by atoms with van der Waals surface area (Å²) in [5.74, 6) is -3.11. The number of fused-ring (bicyclic) bond motifs is 2. The van der Waals surface area contributed by atoms with Gasteiger partial charge in [0.25, 0.3) is 0 Å². The first-order chi connectivity index (χ1) is 11.3. The molecule has 1 aliphatic carbocycles. The molecule has 3 N–H and O–H groups in total. The van der Waals surface area contributed by atoms with Crippen LogP contribution in [0.4, 0.5) is 0 Å². The van der Waals surface area contributed by atoms with Crippen LogP contribution in [0.25, 0.3) is 0 Å². The van der Waals surface area contributed by atoms with Crippen LogP contribution in [0.1, 0.15) is 52.4 Å². The number of benzene rings is 2. The summed E-state index contributed by atoms with van der Waals surface area (Å²) >= 11 is 0. The molecule has 0 radical (unpaired) electrons. The van der Waals surface area contributed by atoms with Crippen LogP contribution < -0.4 is 0 Å². The number of hydrogen-bond acceptors (Lipinski definition) is 4. The molecule has 2 aromatic carbocycles. The standard InChI is InChI=1S/C19H18O5/c1-9(2)14(19(23)24)12-7-6-11-8-10-4-3-5-13(20)15(10)18(22)16(11)17(12)21/h3-7,9,14,20-21H,8H2,1-2H3,(H,23,24)/t14-/m1/s1. The minimum Gasteiger partial charge on any atom is -0.507 e. The Morgan fingerprint density at radius 2 is 1.71 bits per heavy atom. The summed E-state index contributed by atoms with van der Waals surface area (Å²) in [6.07, 6.45) is 0.401. The number of carboxylic acid groups (broad SMARTS) is 1. The van der Waals surface area contributed by atoms with Gasteiger partial charge in [-0.2, -0.15) is 0 Å². The molecular formula is C19H18O5. The van der Waals surface area contributed by atoms with Gasteiger partial charge >= 0.3 is 5.97 Å². The van der Waals surface area contributed by atoms with E-state index in [-0.39, 0.29) is 34.1 Å². The fourth-order valence-corrected chi connectivity index (χ4v) is 3.40. The average molecular weight is 326 g/mol. The molecule has 0 saturated carbocycles. The molecule has 124 valence electrons. The predicted octanol–water partition coefficient (Wildman–Crippen LogP) is 3.06. The van der Waals surface area contributed by atoms with Crippen molar-refractivity contribution in [2.75, 3.05) is 0 Å². The molecule has 0 saturated heterocycles. The molecule has 0 bridgehead atoms. The van der Waals surface area contributed by atoms with E-state index >= 15 is 0 Å². The van der Waals surface area contributed by atoms with Gasteiger partial charge in [0.2, 0.25) is 5.78 Å². The zero-order chi connectivity index (χ0) is 17.6. The number of rotatable bonds is 3. The molecule has 1 aliphatic rings. The molecule has 5 nitrogen and oxygen atoms in total. The topological polar surface area (TPSA) is 94.8 Å². The highest BCUT2D eigenvalue weighted by Crippen LogP contribution is 2.41. The van der Waals surface area contributed by atoms with Crippen molar-refractivity contribution in [2.45, 2.75) is 26.2 Å². The Labute approximate surface area is 139 Å². The number of carbonyl (C=O) groups excluding carboxylic acids is 1. The van der Waals surface area contributed by atoms with E-state index < -0.39 is 17.7 Å². The first-order valence-corrected chi connectivity index (χ1v) is 7.76. The van der Waals surface area contributed by atoms with Gasteiger partial charge in [0.15, 0.2) is 0 Å². The monoisotopic (exact) mass is 326 g/mol. The smallest absolute Gasteiger partial charge is 0.311 e. The fraction of sp³-hybridized carbons (Fsp3) is 0.263. The average Bonchev–Trinajstić information content (AvgIpc) is 2.49. The van der Waals surface area contributed by atoms with Crippen LogP contribution in [0.5, 0.6) is 11.5 Å². The molecule has 0 amide bonds. The van der Waals surface area contributed by atoms with E-state index in [1.165, 1.54) is 6.07 Å². The van der Waals surface area contributed by atoms with E-state index in [2.05, 4.69) is 0 Å². The van der Waals surface area contributed by atoms with Crippen LogP contribution in [0.3, 0.4) is 0 Å². The van der Waals surface area contributed by atoms with Crippen molar-refractivity contribution in [1.29, 1.82) is 0 Å². The van der Waals surface area contributed by atoms with Crippen LogP contribution in [0.15, 0.2) is 30.3 Å². The first kappa shape index (κ1) is 16.1. The Kier molecular flexibility index (Phi) is 3.79. The van der Waals surface area contributed by atoms with Crippen molar-refractivity contribution in [2.24, 2.45) is 5.92 Å². The van der Waals surface area contributed by atoms with E-state index in [0.717, 1.165) is 0 Å². The largest absolute Gasteiger partial charge is 0.507 e. The summed E-state index contributed by atoms with van der Waals surface area (Å²) in [7, 11) is 0. The van der Waals surface area contributed by atoms with E-state index in [0.29, 0.717) is 17.5 Å². The maximum atomic E-state index is 12.8. The van der Waals surface area contributed by atoms with Crippen molar-refractivity contribution < 1.29 is 24.9 Å². The molecule has 0 fully saturated rings. The lowest BCUT2D eigenvalue weighted by molar-refractivity contribution is -0.139. The van der Waals surface area contributed by atoms with Gasteiger partial charge < -0.3 is 15.3 Å². The van der Waals surface area contributed by atoms with Gasteiger partial charge in [-0.05, 0) is 29.5 Å². The Hall–Kier alpha value is -2.82. The van der Waals surface area contributed by atoms with Crippen molar-refractivity contribution in [1.82, 2.24) is 0 Å². The van der Waals surface area contributed by atoms with Crippen molar-refractivity contribution in [3.63, 3.8) is 0 Å². The van der Waals surface area contributed by atoms with Crippen molar-refractivity contribution >= 4 is 11.8 Å². The molecule has 24 heavy (non-hydrogen) atoms. The number of aliphatic carboxylic acids is 1. The van der Waals surface area contributed by atoms with E-state index in [9.17, 15) is 24.9 Å². The number of carbonyl (C=O) groups is 2. The summed E-state index contributed by atoms with van der Waals surface area (Å²) in [5, 5.41) is 30.1. The van der Waals surface area contributed by atoms with Gasteiger partial charge in [-0.3, -0.25) is 9.59 Å². The Morgan fingerprint density at radius 3 is 2.33 bits per heavy atom. The lowest BCUT2D eigenvalue weighted by atomic mass is 9.80. The minimum absolute atomic E-state index is 0.0911. The van der Waals surface area contributed by atoms with Crippen LogP contribution in [-0.2, 0) is 11.2 Å². The predicted molar refractivity (Wildman–Crippen MR) is 87.7 cm³/mol. The van der Waals surface area contributed by atoms with E-state index in [1.54, 1.807) is 38.1 Å². The van der Waals surface area contributed by atoms with Gasteiger partial charge in [-0.15, -0.1) is 0 Å². The van der Waals surface area contributed by atoms with E-state index in [1.807, 2.05) is 0 Å². The van der Waals surface area contributed by atoms with Gasteiger partial charge in [0, 0.05) is 5.56 Å². The van der Waals surface area contributed by atoms with Crippen LogP contribution in [0, 0.1) is 5.92 Å². The molecule has 3 rings (SSSR count). The van der Waals surface area contributed by atoms with Crippen LogP contribution in [0.2, 0.25) is 0 Å². The number of hydrogen-bond donors (Lipinski definition) is 3. The Balaban J connectivity index is 2.19. The van der Waals surface area contributed by atoms with Gasteiger partial charge in [-0.25, -0.2) is 0 Å². The highest BCUT2D eigenvalue weighted by Gasteiger charge is 2.33. The molecule has 5 heteroatoms. The second-order valence-electron chi connectivity index (χ2n) is 6.41. The number of carboxylic acids is 1. The van der Waals surface area contributed by atoms with Crippen molar-refractivity contribution in [3.8, 4) is 11.5 Å². The zero-order valence-corrected chi connectivity index (χ0v) is 13.4. The summed E-state index contributed by atoms with van der Waals surface area (Å²) in [5.41, 5.74) is 1.82. The van der Waals surface area contributed by atoms with Gasteiger partial charge in [0.1, 0.15) is 11.5 Å². The summed E-state index contributed by atoms with van der Waals surface area (Å²) in [4.78, 5) is 24.4. The molecule has 0 aromatic heterocycles. The summed E-state index contributed by atoms with van der Waals surface area (Å²) in [6.45, 7) is 3.50. The third kappa shape index (κ3) is 2.33. The fourth-order valence-electron chi connectivity index (χ4n) is 3.40. The minimum atomic E-state index is -1.05. The maximum absolute atomic E-state index is 12.8. The van der Waals surface area contributed by atoms with Crippen LogP contribution in [-0.4, -0.2) is 27.1 Å². The Bertz CT molecular complexity index is 851. The lowest BCUT2D eigenvalue weighted by Crippen LogP contribution is -2.21. The highest BCUT2D eigenvalue weighted by atomic mass is 16.4. The third-order valence-electron chi connectivity index (χ3n) is 4.53. The number of aromatic hydroxyl groups is 2. The molecule has 2 aromatic rings. The lowest BCUT2D eigenvalue weighted by Gasteiger charge is -2.24. The quantitative estimate of drug-likeness (QED) is 0.687. The van der Waals surface area contributed by atoms with E-state index in [4.69, 9.17) is 0 Å². The molecule has 0 spiro atoms. The maximum Gasteiger partial charge on any atom is 0.311 e.